The lowest BCUT2D eigenvalue weighted by molar-refractivity contribution is -0.134. The first-order chi connectivity index (χ1) is 11.3. The number of carbonyl (C=O) groups is 2. The molecule has 2 rings (SSSR count). The van der Waals surface area contributed by atoms with Gasteiger partial charge in [-0.3, -0.25) is 9.59 Å². The number of nitrogens with zero attached hydrogens (tertiary/aromatic N) is 2. The normalized spacial score (nSPS) is 10.8. The molecule has 0 N–H and O–H groups in total. The van der Waals surface area contributed by atoms with E-state index in [1.807, 2.05) is 6.92 Å². The predicted octanol–water partition coefficient (Wildman–Crippen LogP) is 4.37. The van der Waals surface area contributed by atoms with Gasteiger partial charge in [-0.2, -0.15) is 5.10 Å². The molecule has 5 nitrogen and oxygen atoms in total. The molecule has 2 aromatic rings. The van der Waals surface area contributed by atoms with Crippen LogP contribution in [0.3, 0.4) is 0 Å². The second-order valence-electron chi connectivity index (χ2n) is 5.33. The summed E-state index contributed by atoms with van der Waals surface area (Å²) in [5.74, 6) is -0.661. The lowest BCUT2D eigenvalue weighted by atomic mass is 10.0. The Kier molecular flexibility index (Phi) is 5.67. The highest BCUT2D eigenvalue weighted by atomic mass is 35.5. The Labute approximate surface area is 150 Å². The minimum absolute atomic E-state index is 0.135. The topological polar surface area (TPSA) is 61.2 Å². The van der Waals surface area contributed by atoms with Crippen LogP contribution in [0.4, 0.5) is 0 Å². The first-order valence-electron chi connectivity index (χ1n) is 7.58. The second-order valence-corrected chi connectivity index (χ2v) is 6.09. The third-order valence-electron chi connectivity index (χ3n) is 3.68. The van der Waals surface area contributed by atoms with Crippen LogP contribution in [0.2, 0.25) is 10.0 Å². The number of halogens is 2. The van der Waals surface area contributed by atoms with Crippen molar-refractivity contribution >= 4 is 35.0 Å². The Morgan fingerprint density at radius 1 is 1.17 bits per heavy atom. The van der Waals surface area contributed by atoms with Crippen LogP contribution in [0.15, 0.2) is 12.3 Å². The van der Waals surface area contributed by atoms with E-state index in [-0.39, 0.29) is 28.7 Å². The third kappa shape index (κ3) is 3.32. The van der Waals surface area contributed by atoms with Crippen molar-refractivity contribution in [3.63, 3.8) is 0 Å². The summed E-state index contributed by atoms with van der Waals surface area (Å²) >= 11 is 12.5. The van der Waals surface area contributed by atoms with Crippen molar-refractivity contribution in [3.05, 3.63) is 44.6 Å². The molecule has 1 heterocycles. The first-order valence-corrected chi connectivity index (χ1v) is 8.33. The van der Waals surface area contributed by atoms with Gasteiger partial charge in [-0.25, -0.2) is 4.68 Å². The Hall–Kier alpha value is -1.85. The highest BCUT2D eigenvalue weighted by molar-refractivity contribution is 6.39. The van der Waals surface area contributed by atoms with Crippen molar-refractivity contribution in [1.82, 2.24) is 9.78 Å². The summed E-state index contributed by atoms with van der Waals surface area (Å²) in [7, 11) is 0. The highest BCUT2D eigenvalue weighted by Gasteiger charge is 2.25. The summed E-state index contributed by atoms with van der Waals surface area (Å²) in [5.41, 5.74) is 1.88. The van der Waals surface area contributed by atoms with Crippen LogP contribution < -0.4 is 4.74 Å². The molecule has 128 valence electrons. The summed E-state index contributed by atoms with van der Waals surface area (Å²) in [6, 6.07) is 1.63. The molecule has 0 atom stereocenters. The van der Waals surface area contributed by atoms with Crippen molar-refractivity contribution < 1.29 is 14.3 Å². The molecule has 0 aliphatic carbocycles. The van der Waals surface area contributed by atoms with Gasteiger partial charge in [0.15, 0.2) is 0 Å². The number of benzene rings is 1. The maximum Gasteiger partial charge on any atom is 0.312 e. The number of ketones is 1. The van der Waals surface area contributed by atoms with Crippen molar-refractivity contribution in [3.8, 4) is 5.88 Å². The molecule has 0 radical (unpaired) electrons. The minimum Gasteiger partial charge on any atom is -0.407 e. The molecular weight excluding hydrogens is 351 g/mol. The molecule has 1 aromatic carbocycles. The zero-order valence-corrected chi connectivity index (χ0v) is 15.5. The van der Waals surface area contributed by atoms with Crippen LogP contribution in [0, 0.1) is 13.8 Å². The molecule has 24 heavy (non-hydrogen) atoms. The van der Waals surface area contributed by atoms with Crippen molar-refractivity contribution in [1.29, 1.82) is 0 Å². The monoisotopic (exact) mass is 368 g/mol. The zero-order chi connectivity index (χ0) is 18.0. The molecule has 7 heteroatoms. The van der Waals surface area contributed by atoms with E-state index in [1.165, 1.54) is 10.9 Å². The van der Waals surface area contributed by atoms with Crippen molar-refractivity contribution in [2.45, 2.75) is 40.7 Å². The number of rotatable bonds is 5. The molecule has 0 saturated heterocycles. The predicted molar refractivity (Wildman–Crippen MR) is 93.2 cm³/mol. The van der Waals surface area contributed by atoms with Crippen LogP contribution in [-0.4, -0.2) is 21.5 Å². The standard InChI is InChI=1S/C17H18Cl2N2O3/c1-5-13(22)24-17-12(8-20-21(17)6-2)16(23)11-7-9(3)14(18)10(4)15(11)19/h7-8H,5-6H2,1-4H3. The van der Waals surface area contributed by atoms with Crippen LogP contribution in [0.5, 0.6) is 5.88 Å². The number of hydrogen-bond donors (Lipinski definition) is 0. The molecule has 0 fully saturated rings. The van der Waals surface area contributed by atoms with E-state index in [0.717, 1.165) is 5.56 Å². The van der Waals surface area contributed by atoms with Crippen LogP contribution in [0.25, 0.3) is 0 Å². The fourth-order valence-corrected chi connectivity index (χ4v) is 2.72. The Morgan fingerprint density at radius 3 is 2.42 bits per heavy atom. The lowest BCUT2D eigenvalue weighted by Crippen LogP contribution is -2.13. The van der Waals surface area contributed by atoms with Crippen LogP contribution in [-0.2, 0) is 11.3 Å². The number of ether oxygens (including phenoxy) is 1. The summed E-state index contributed by atoms with van der Waals surface area (Å²) in [5, 5.41) is 4.92. The van der Waals surface area contributed by atoms with E-state index in [1.54, 1.807) is 26.8 Å². The quantitative estimate of drug-likeness (QED) is 0.580. The van der Waals surface area contributed by atoms with Gasteiger partial charge in [0.05, 0.1) is 11.2 Å². The zero-order valence-electron chi connectivity index (χ0n) is 13.9. The fourth-order valence-electron chi connectivity index (χ4n) is 2.29. The molecule has 0 unspecified atom stereocenters. The molecule has 0 saturated carbocycles. The Morgan fingerprint density at radius 2 is 1.83 bits per heavy atom. The smallest absolute Gasteiger partial charge is 0.312 e. The Balaban J connectivity index is 2.55. The van der Waals surface area contributed by atoms with Gasteiger partial charge < -0.3 is 4.74 Å². The van der Waals surface area contributed by atoms with E-state index in [9.17, 15) is 9.59 Å². The number of aryl methyl sites for hydroxylation is 2. The molecule has 0 aliphatic rings. The van der Waals surface area contributed by atoms with Crippen LogP contribution in [0.1, 0.15) is 47.3 Å². The average molecular weight is 369 g/mol. The first kappa shape index (κ1) is 18.5. The summed E-state index contributed by atoms with van der Waals surface area (Å²) in [6.07, 6.45) is 1.59. The van der Waals surface area contributed by atoms with E-state index < -0.39 is 5.97 Å². The van der Waals surface area contributed by atoms with Gasteiger partial charge >= 0.3 is 5.97 Å². The van der Waals surface area contributed by atoms with Gasteiger partial charge in [0.25, 0.3) is 0 Å². The van der Waals surface area contributed by atoms with Gasteiger partial charge in [0.2, 0.25) is 11.7 Å². The summed E-state index contributed by atoms with van der Waals surface area (Å²) in [4.78, 5) is 24.6. The highest BCUT2D eigenvalue weighted by Crippen LogP contribution is 2.33. The maximum absolute atomic E-state index is 12.9. The lowest BCUT2D eigenvalue weighted by Gasteiger charge is -2.11. The Bertz CT molecular complexity index is 813. The van der Waals surface area contributed by atoms with Crippen molar-refractivity contribution in [2.24, 2.45) is 0 Å². The number of hydrogen-bond acceptors (Lipinski definition) is 4. The largest absolute Gasteiger partial charge is 0.407 e. The molecule has 0 bridgehead atoms. The second kappa shape index (κ2) is 7.36. The number of aromatic nitrogens is 2. The van der Waals surface area contributed by atoms with Gasteiger partial charge in [0, 0.05) is 23.6 Å². The van der Waals surface area contributed by atoms with Gasteiger partial charge in [0.1, 0.15) is 5.56 Å². The van der Waals surface area contributed by atoms with Gasteiger partial charge in [-0.15, -0.1) is 0 Å². The van der Waals surface area contributed by atoms with E-state index in [0.29, 0.717) is 22.7 Å². The van der Waals surface area contributed by atoms with E-state index in [4.69, 9.17) is 27.9 Å². The van der Waals surface area contributed by atoms with Gasteiger partial charge in [-0.05, 0) is 38.0 Å². The molecule has 1 aromatic heterocycles. The van der Waals surface area contributed by atoms with Gasteiger partial charge in [-0.1, -0.05) is 30.1 Å². The summed E-state index contributed by atoms with van der Waals surface area (Å²) < 4.78 is 6.76. The maximum atomic E-state index is 12.9. The number of esters is 1. The number of carbonyl (C=O) groups excluding carboxylic acids is 2. The van der Waals surface area contributed by atoms with Crippen molar-refractivity contribution in [2.75, 3.05) is 0 Å². The summed E-state index contributed by atoms with van der Waals surface area (Å²) in [6.45, 7) is 7.54. The molecular formula is C17H18Cl2N2O3. The third-order valence-corrected chi connectivity index (χ3v) is 4.75. The fraction of sp³-hybridized carbons (Fsp3) is 0.353. The average Bonchev–Trinajstić information content (AvgIpc) is 2.97. The molecule has 0 spiro atoms. The minimum atomic E-state index is -0.436. The van der Waals surface area contributed by atoms with E-state index in [2.05, 4.69) is 5.10 Å². The SMILES string of the molecule is CCC(=O)Oc1c(C(=O)c2cc(C)c(Cl)c(C)c2Cl)cnn1CC. The molecule has 0 amide bonds. The van der Waals surface area contributed by atoms with E-state index >= 15 is 0 Å². The molecule has 0 aliphatic heterocycles. The van der Waals surface area contributed by atoms with Crippen LogP contribution >= 0.6 is 23.2 Å².